The molecule has 6 amide bonds. The first-order chi connectivity index (χ1) is 41.7. The van der Waals surface area contributed by atoms with E-state index in [9.17, 15) is 57.8 Å². The highest BCUT2D eigenvalue weighted by Crippen LogP contribution is 2.42. The van der Waals surface area contributed by atoms with Gasteiger partial charge >= 0.3 is 7.60 Å². The number of carbonyl (C=O) groups is 8. The number of ketones is 1. The maximum atomic E-state index is 15.2. The quantitative estimate of drug-likeness (QED) is 0.0157. The highest BCUT2D eigenvalue weighted by molar-refractivity contribution is 7.70. The van der Waals surface area contributed by atoms with Crippen LogP contribution in [-0.2, 0) is 52.6 Å². The van der Waals surface area contributed by atoms with E-state index in [0.717, 1.165) is 32.8 Å². The highest BCUT2D eigenvalue weighted by Gasteiger charge is 2.46. The van der Waals surface area contributed by atoms with Gasteiger partial charge in [0.1, 0.15) is 36.3 Å². The summed E-state index contributed by atoms with van der Waals surface area (Å²) in [4.78, 5) is 139. The van der Waals surface area contributed by atoms with Crippen LogP contribution in [-0.4, -0.2) is 120 Å². The molecule has 4 aromatic carbocycles. The summed E-state index contributed by atoms with van der Waals surface area (Å²) in [5, 5.41) is 20.0. The number of carbonyl (C=O) groups excluding carboxylic acids is 8. The van der Waals surface area contributed by atoms with Crippen LogP contribution in [0.3, 0.4) is 0 Å². The molecule has 0 radical (unpaired) electrons. The summed E-state index contributed by atoms with van der Waals surface area (Å²) in [6.45, 7) is 9.00. The summed E-state index contributed by atoms with van der Waals surface area (Å²) in [5.41, 5.74) is 11.2. The molecular formula is C64H74FN8O13PS. The molecule has 9 rings (SSSR count). The molecule has 0 bridgehead atoms. The topological polar surface area (TPSA) is 321 Å². The number of aliphatic hydroxyl groups is 1. The van der Waals surface area contributed by atoms with Crippen LogP contribution in [0, 0.1) is 24.1 Å². The number of hydrogen-bond acceptors (Lipinski definition) is 13. The van der Waals surface area contributed by atoms with E-state index in [1.165, 1.54) is 46.2 Å². The average molecular weight is 1250 g/mol. The molecule has 6 aromatic rings. The number of nitrogens with one attached hydrogen (secondary N) is 4. The van der Waals surface area contributed by atoms with Crippen molar-refractivity contribution in [3.05, 3.63) is 135 Å². The fraction of sp³-hybridized carbons (Fsp3) is 0.422. The van der Waals surface area contributed by atoms with Gasteiger partial charge in [-0.25, -0.2) is 9.37 Å². The molecule has 1 saturated heterocycles. The summed E-state index contributed by atoms with van der Waals surface area (Å²) >= 11 is 1.55. The van der Waals surface area contributed by atoms with Gasteiger partial charge in [0.25, 0.3) is 5.52 Å². The molecule has 0 unspecified atom stereocenters. The number of ether oxygens (including phenoxy) is 1. The Kier molecular flexibility index (Phi) is 19.9. The number of unbranched alkanes of at least 4 members (excludes halogenated alkanes) is 2. The number of nitrogens with two attached hydrogens (primary N) is 1. The SMILES string of the molecule is Cc1ncsc1-c1ccc([C@H](C)NC(=O)[C@@H]2C[C@@H](O)CN2C(=O)[C@@H](NC(=O)CCCCCc2cc(F)cc(OC[C@H](CCC(N)=O)NC(=O)[C@@H]3Cc4cccc5c4N3C(=O)[C@@H](CC(=O)c3cc4cc(C(=O)P(=O)(O)O)ccc4[nH]3)CC5)c2)C(C)(C)C)cc1. The minimum Gasteiger partial charge on any atom is -0.491 e. The number of aryl methyl sites for hydroxylation is 3. The van der Waals surface area contributed by atoms with Crippen LogP contribution in [0.5, 0.6) is 5.75 Å². The Morgan fingerprint density at radius 1 is 0.909 bits per heavy atom. The van der Waals surface area contributed by atoms with Crippen LogP contribution < -0.4 is 31.3 Å². The van der Waals surface area contributed by atoms with Crippen molar-refractivity contribution in [2.24, 2.45) is 17.1 Å². The van der Waals surface area contributed by atoms with Gasteiger partial charge in [-0.15, -0.1) is 11.3 Å². The molecule has 0 aliphatic carbocycles. The Bertz CT molecular complexity index is 3710. The number of amides is 6. The highest BCUT2D eigenvalue weighted by atomic mass is 32.1. The molecule has 3 aliphatic heterocycles. The number of H-pyrrole nitrogens is 1. The minimum absolute atomic E-state index is 0.0477. The van der Waals surface area contributed by atoms with Crippen LogP contribution >= 0.6 is 18.9 Å². The van der Waals surface area contributed by atoms with Gasteiger partial charge in [0.05, 0.1) is 45.7 Å². The van der Waals surface area contributed by atoms with E-state index in [-0.39, 0.29) is 74.6 Å². The number of primary amides is 1. The molecule has 88 heavy (non-hydrogen) atoms. The molecule has 9 N–H and O–H groups in total. The van der Waals surface area contributed by atoms with Crippen molar-refractivity contribution in [2.45, 2.75) is 148 Å². The lowest BCUT2D eigenvalue weighted by Gasteiger charge is -2.35. The maximum absolute atomic E-state index is 15.2. The fourth-order valence-corrected chi connectivity index (χ4v) is 13.2. The number of aromatic amines is 1. The first-order valence-corrected chi connectivity index (χ1v) is 32.0. The number of halogens is 1. The molecule has 0 spiro atoms. The largest absolute Gasteiger partial charge is 0.491 e. The standard InChI is InChI=1S/C64H74FN8O13PS/c1-35(38-14-17-40(18-15-38)57-36(2)67-34-88-57)68-59(78)51-31-47(74)32-72(51)62(81)58(64(3,4)5)71-55(77)13-8-6-7-10-37-24-45(65)30-48(25-37)86-33-46(21-23-54(66)76)69-60(79)52-28-41-12-9-11-39-16-19-42(61(80)73(52)56(39)41)29-53(75)50-27-44-26-43(20-22-49(44)70-50)63(82)87(83,84)85/h9,11-12,14-15,17-18,20,22,24-27,30,34-35,42,46-47,51-52,58,70,74H,6-8,10,13,16,19,21,23,28-29,31-33H2,1-5H3,(H2,66,76)(H,68,78)(H,69,79)(H,71,77)(H2,83,84,85)/t35-,42+,46-,47+,51-,52-,58+/m0/s1. The zero-order valence-electron chi connectivity index (χ0n) is 49.7. The van der Waals surface area contributed by atoms with Gasteiger partial charge in [0.15, 0.2) is 5.78 Å². The number of Topliss-reactive ketones (excluding diaryl/α,β-unsaturated/α-hetero) is 1. The molecule has 2 aromatic heterocycles. The molecule has 1 fully saturated rings. The van der Waals surface area contributed by atoms with Crippen molar-refractivity contribution in [2.75, 3.05) is 18.1 Å². The summed E-state index contributed by atoms with van der Waals surface area (Å²) in [6.07, 6.45) is 1.81. The van der Waals surface area contributed by atoms with Gasteiger partial charge in [0.2, 0.25) is 35.4 Å². The minimum atomic E-state index is -5.06. The van der Waals surface area contributed by atoms with Crippen molar-refractivity contribution in [3.8, 4) is 16.2 Å². The van der Waals surface area contributed by atoms with E-state index in [1.54, 1.807) is 22.9 Å². The Morgan fingerprint density at radius 3 is 2.35 bits per heavy atom. The van der Waals surface area contributed by atoms with Crippen LogP contribution in [0.1, 0.15) is 140 Å². The second kappa shape index (κ2) is 27.2. The second-order valence-corrected chi connectivity index (χ2v) is 26.7. The molecule has 7 atom stereocenters. The van der Waals surface area contributed by atoms with Crippen LogP contribution in [0.4, 0.5) is 10.1 Å². The van der Waals surface area contributed by atoms with E-state index in [4.69, 9.17) is 10.5 Å². The summed E-state index contributed by atoms with van der Waals surface area (Å²) < 4.78 is 32.9. The van der Waals surface area contributed by atoms with Crippen LogP contribution in [0.25, 0.3) is 21.3 Å². The third kappa shape index (κ3) is 15.3. The number of aliphatic hydroxyl groups excluding tert-OH is 1. The Morgan fingerprint density at radius 2 is 1.65 bits per heavy atom. The predicted molar refractivity (Wildman–Crippen MR) is 328 cm³/mol. The average Bonchev–Trinajstić information content (AvgIpc) is 1.91. The summed E-state index contributed by atoms with van der Waals surface area (Å²) in [5.74, 6) is -4.54. The molecule has 24 heteroatoms. The monoisotopic (exact) mass is 1240 g/mol. The lowest BCUT2D eigenvalue weighted by atomic mass is 9.85. The third-order valence-corrected chi connectivity index (χ3v) is 18.3. The van der Waals surface area contributed by atoms with E-state index >= 15 is 4.39 Å². The van der Waals surface area contributed by atoms with Crippen molar-refractivity contribution in [3.63, 3.8) is 0 Å². The van der Waals surface area contributed by atoms with E-state index in [2.05, 4.69) is 25.9 Å². The number of hydrogen-bond donors (Lipinski definition) is 8. The number of thiazole rings is 1. The zero-order valence-corrected chi connectivity index (χ0v) is 51.4. The molecular weight excluding hydrogens is 1170 g/mol. The van der Waals surface area contributed by atoms with E-state index in [0.29, 0.717) is 60.7 Å². The van der Waals surface area contributed by atoms with Gasteiger partial charge in [-0.2, -0.15) is 0 Å². The number of benzene rings is 4. The van der Waals surface area contributed by atoms with Gasteiger partial charge < -0.3 is 51.2 Å². The fourth-order valence-electron chi connectivity index (χ4n) is 11.9. The number of para-hydroxylation sites is 1. The third-order valence-electron chi connectivity index (χ3n) is 16.6. The second-order valence-electron chi connectivity index (χ2n) is 24.3. The summed E-state index contributed by atoms with van der Waals surface area (Å²) in [6, 6.07) is 18.8. The van der Waals surface area contributed by atoms with Gasteiger partial charge in [-0.1, -0.05) is 69.7 Å². The van der Waals surface area contributed by atoms with Crippen LogP contribution in [0.2, 0.25) is 0 Å². The molecule has 466 valence electrons. The predicted octanol–water partition coefficient (Wildman–Crippen LogP) is 7.45. The van der Waals surface area contributed by atoms with E-state index < -0.39 is 102 Å². The lowest BCUT2D eigenvalue weighted by molar-refractivity contribution is -0.144. The lowest BCUT2D eigenvalue weighted by Crippen LogP contribution is -2.57. The maximum Gasteiger partial charge on any atom is 0.396 e. The molecule has 5 heterocycles. The molecule has 0 saturated carbocycles. The first-order valence-electron chi connectivity index (χ1n) is 29.5. The molecule has 3 aliphatic rings. The smallest absolute Gasteiger partial charge is 0.396 e. The Balaban J connectivity index is 0.769. The van der Waals surface area contributed by atoms with Crippen molar-refractivity contribution >= 4 is 82.3 Å². The number of β-amino-alcohol motifs (C(OH)–C–C–N with tert-alkyl or cyclic N) is 1. The van der Waals surface area contributed by atoms with Gasteiger partial charge in [-0.3, -0.25) is 47.8 Å². The number of anilines is 1. The van der Waals surface area contributed by atoms with Crippen molar-refractivity contribution in [1.82, 2.24) is 30.8 Å². The van der Waals surface area contributed by atoms with Gasteiger partial charge in [0, 0.05) is 67.1 Å². The first kappa shape index (κ1) is 64.5. The Labute approximate surface area is 512 Å². The number of aromatic nitrogens is 2. The van der Waals surface area contributed by atoms with Crippen molar-refractivity contribution < 1.29 is 66.9 Å². The number of rotatable bonds is 25. The molecule has 21 nitrogen and oxygen atoms in total. The Hall–Kier alpha value is -7.95. The number of nitrogens with zero attached hydrogens (tertiary/aromatic N) is 3. The van der Waals surface area contributed by atoms with Gasteiger partial charge in [-0.05, 0) is 122 Å². The number of likely N-dealkylation sites (tertiary alicyclic amines) is 1. The number of fused-ring (bicyclic) bond motifs is 1. The zero-order chi connectivity index (χ0) is 63.4. The van der Waals surface area contributed by atoms with Crippen LogP contribution in [0.15, 0.2) is 90.4 Å². The summed E-state index contributed by atoms with van der Waals surface area (Å²) in [7, 11) is -5.06. The van der Waals surface area contributed by atoms with Crippen molar-refractivity contribution in [1.29, 1.82) is 0 Å². The van der Waals surface area contributed by atoms with E-state index in [1.807, 2.05) is 77.1 Å². The normalized spacial score (nSPS) is 18.5.